The lowest BCUT2D eigenvalue weighted by atomic mass is 9.86. The van der Waals surface area contributed by atoms with E-state index in [1.54, 1.807) is 17.7 Å². The van der Waals surface area contributed by atoms with Crippen LogP contribution < -0.4 is 5.32 Å². The van der Waals surface area contributed by atoms with E-state index < -0.39 is 5.97 Å². The monoisotopic (exact) mass is 291 g/mol. The van der Waals surface area contributed by atoms with Crippen molar-refractivity contribution < 1.29 is 9.90 Å². The number of fused-ring (bicyclic) bond motifs is 1. The van der Waals surface area contributed by atoms with Gasteiger partial charge in [0.25, 0.3) is 0 Å². The lowest BCUT2D eigenvalue weighted by Crippen LogP contribution is -2.29. The zero-order valence-corrected chi connectivity index (χ0v) is 12.1. The normalized spacial score (nSPS) is 22.9. The molecule has 0 spiro atoms. The molecule has 2 aromatic heterocycles. The Bertz CT molecular complexity index is 632. The second kappa shape index (κ2) is 5.36. The predicted molar refractivity (Wildman–Crippen MR) is 79.2 cm³/mol. The summed E-state index contributed by atoms with van der Waals surface area (Å²) in [5.41, 5.74) is 1.19. The number of aryl methyl sites for hydroxylation is 1. The molecule has 0 radical (unpaired) electrons. The number of anilines is 1. The number of hydrogen-bond acceptors (Lipinski definition) is 5. The molecule has 0 aliphatic heterocycles. The molecule has 0 amide bonds. The van der Waals surface area contributed by atoms with Crippen LogP contribution >= 0.6 is 11.3 Å². The zero-order valence-electron chi connectivity index (χ0n) is 11.3. The smallest absolute Gasteiger partial charge is 0.306 e. The molecule has 1 saturated carbocycles. The van der Waals surface area contributed by atoms with Gasteiger partial charge in [-0.2, -0.15) is 0 Å². The van der Waals surface area contributed by atoms with Gasteiger partial charge in [0.15, 0.2) is 0 Å². The molecule has 0 bridgehead atoms. The summed E-state index contributed by atoms with van der Waals surface area (Å²) in [5, 5.41) is 15.7. The number of carboxylic acid groups (broad SMARTS) is 1. The van der Waals surface area contributed by atoms with Crippen molar-refractivity contribution in [3.8, 4) is 0 Å². The molecular formula is C14H17N3O2S. The molecule has 3 rings (SSSR count). The standard InChI is InChI=1S/C14H17N3O2S/c1-8-6-20-13-11(8)12(15-7-16-13)17-10-4-2-9(3-5-10)14(18)19/h6-7,9-10H,2-5H2,1H3,(H,18,19)(H,15,16,17). The Kier molecular flexibility index (Phi) is 3.56. The van der Waals surface area contributed by atoms with E-state index in [0.717, 1.165) is 41.7 Å². The number of thiophene rings is 1. The molecule has 106 valence electrons. The summed E-state index contributed by atoms with van der Waals surface area (Å²) in [6.45, 7) is 2.06. The van der Waals surface area contributed by atoms with Gasteiger partial charge in [0.05, 0.1) is 11.3 Å². The van der Waals surface area contributed by atoms with Crippen molar-refractivity contribution >= 4 is 33.3 Å². The highest BCUT2D eigenvalue weighted by molar-refractivity contribution is 7.17. The molecule has 0 saturated heterocycles. The second-order valence-corrected chi connectivity index (χ2v) is 6.21. The molecule has 0 aromatic carbocycles. The summed E-state index contributed by atoms with van der Waals surface area (Å²) in [7, 11) is 0. The first-order chi connectivity index (χ1) is 9.65. The number of rotatable bonds is 3. The lowest BCUT2D eigenvalue weighted by Gasteiger charge is -2.27. The van der Waals surface area contributed by atoms with Crippen molar-refractivity contribution in [2.24, 2.45) is 5.92 Å². The van der Waals surface area contributed by atoms with E-state index in [9.17, 15) is 4.79 Å². The molecule has 1 aliphatic carbocycles. The van der Waals surface area contributed by atoms with Crippen molar-refractivity contribution in [1.82, 2.24) is 9.97 Å². The number of nitrogens with one attached hydrogen (secondary N) is 1. The van der Waals surface area contributed by atoms with E-state index >= 15 is 0 Å². The Balaban J connectivity index is 1.74. The van der Waals surface area contributed by atoms with Gasteiger partial charge in [0.1, 0.15) is 17.0 Å². The van der Waals surface area contributed by atoms with Gasteiger partial charge >= 0.3 is 5.97 Å². The maximum atomic E-state index is 11.0. The molecule has 5 nitrogen and oxygen atoms in total. The average Bonchev–Trinajstić information content (AvgIpc) is 2.82. The third-order valence-electron chi connectivity index (χ3n) is 3.97. The van der Waals surface area contributed by atoms with E-state index in [4.69, 9.17) is 5.11 Å². The number of carbonyl (C=O) groups is 1. The number of carboxylic acids is 1. The average molecular weight is 291 g/mol. The van der Waals surface area contributed by atoms with Gasteiger partial charge in [0, 0.05) is 6.04 Å². The number of nitrogens with zero attached hydrogens (tertiary/aromatic N) is 2. The van der Waals surface area contributed by atoms with Crippen molar-refractivity contribution in [3.63, 3.8) is 0 Å². The second-order valence-electron chi connectivity index (χ2n) is 5.35. The quantitative estimate of drug-likeness (QED) is 0.909. The minimum atomic E-state index is -0.665. The van der Waals surface area contributed by atoms with E-state index in [1.807, 2.05) is 0 Å². The summed E-state index contributed by atoms with van der Waals surface area (Å²) in [6, 6.07) is 0.308. The molecule has 1 aliphatic rings. The Labute approximate surface area is 121 Å². The maximum absolute atomic E-state index is 11.0. The minimum Gasteiger partial charge on any atom is -0.481 e. The summed E-state index contributed by atoms with van der Waals surface area (Å²) < 4.78 is 0. The first-order valence-corrected chi connectivity index (χ1v) is 7.71. The molecule has 1 fully saturated rings. The molecular weight excluding hydrogens is 274 g/mol. The highest BCUT2D eigenvalue weighted by Crippen LogP contribution is 2.31. The van der Waals surface area contributed by atoms with Crippen LogP contribution in [0, 0.1) is 12.8 Å². The fourth-order valence-corrected chi connectivity index (χ4v) is 3.69. The molecule has 6 heteroatoms. The molecule has 2 aromatic rings. The van der Waals surface area contributed by atoms with Crippen molar-refractivity contribution in [3.05, 3.63) is 17.3 Å². The van der Waals surface area contributed by atoms with E-state index in [1.165, 1.54) is 5.56 Å². The molecule has 20 heavy (non-hydrogen) atoms. The van der Waals surface area contributed by atoms with Crippen LogP contribution in [0.1, 0.15) is 31.2 Å². The first kappa shape index (κ1) is 13.3. The SMILES string of the molecule is Cc1csc2ncnc(NC3CCC(C(=O)O)CC3)c12. The van der Waals surface area contributed by atoms with E-state index in [-0.39, 0.29) is 5.92 Å². The lowest BCUT2D eigenvalue weighted by molar-refractivity contribution is -0.142. The van der Waals surface area contributed by atoms with Gasteiger partial charge in [-0.3, -0.25) is 4.79 Å². The Hall–Kier alpha value is -1.69. The van der Waals surface area contributed by atoms with Gasteiger partial charge in [-0.25, -0.2) is 9.97 Å². The Morgan fingerprint density at radius 3 is 2.80 bits per heavy atom. The minimum absolute atomic E-state index is 0.179. The van der Waals surface area contributed by atoms with Crippen LogP contribution in [-0.4, -0.2) is 27.1 Å². The van der Waals surface area contributed by atoms with Crippen LogP contribution in [0.3, 0.4) is 0 Å². The fourth-order valence-electron chi connectivity index (χ4n) is 2.80. The van der Waals surface area contributed by atoms with Crippen molar-refractivity contribution in [2.75, 3.05) is 5.32 Å². The molecule has 2 N–H and O–H groups in total. The van der Waals surface area contributed by atoms with Gasteiger partial charge in [-0.05, 0) is 43.6 Å². The maximum Gasteiger partial charge on any atom is 0.306 e. The third-order valence-corrected chi connectivity index (χ3v) is 4.98. The zero-order chi connectivity index (χ0) is 14.1. The van der Waals surface area contributed by atoms with E-state index in [2.05, 4.69) is 27.6 Å². The third kappa shape index (κ3) is 2.47. The first-order valence-electron chi connectivity index (χ1n) is 6.83. The van der Waals surface area contributed by atoms with Gasteiger partial charge in [-0.1, -0.05) is 0 Å². The molecule has 2 heterocycles. The summed E-state index contributed by atoms with van der Waals surface area (Å²) in [4.78, 5) is 20.6. The van der Waals surface area contributed by atoms with Crippen molar-refractivity contribution in [2.45, 2.75) is 38.6 Å². The fraction of sp³-hybridized carbons (Fsp3) is 0.500. The number of aliphatic carboxylic acids is 1. The summed E-state index contributed by atoms with van der Waals surface area (Å²) in [6.07, 6.45) is 4.83. The summed E-state index contributed by atoms with van der Waals surface area (Å²) in [5.74, 6) is 0.0374. The van der Waals surface area contributed by atoms with Crippen LogP contribution in [-0.2, 0) is 4.79 Å². The topological polar surface area (TPSA) is 75.1 Å². The predicted octanol–water partition coefficient (Wildman–Crippen LogP) is 3.06. The molecule has 0 unspecified atom stereocenters. The highest BCUT2D eigenvalue weighted by Gasteiger charge is 2.26. The molecule has 0 atom stereocenters. The van der Waals surface area contributed by atoms with Gasteiger partial charge < -0.3 is 10.4 Å². The van der Waals surface area contributed by atoms with Crippen LogP contribution in [0.15, 0.2) is 11.7 Å². The number of hydrogen-bond donors (Lipinski definition) is 2. The Morgan fingerprint density at radius 1 is 1.35 bits per heavy atom. The van der Waals surface area contributed by atoms with Crippen LogP contribution in [0.25, 0.3) is 10.2 Å². The largest absolute Gasteiger partial charge is 0.481 e. The van der Waals surface area contributed by atoms with Gasteiger partial charge in [0.2, 0.25) is 0 Å². The van der Waals surface area contributed by atoms with Crippen LogP contribution in [0.4, 0.5) is 5.82 Å². The number of aromatic nitrogens is 2. The van der Waals surface area contributed by atoms with Gasteiger partial charge in [-0.15, -0.1) is 11.3 Å². The summed E-state index contributed by atoms with van der Waals surface area (Å²) >= 11 is 1.63. The van der Waals surface area contributed by atoms with E-state index in [0.29, 0.717) is 6.04 Å². The van der Waals surface area contributed by atoms with Crippen LogP contribution in [0.5, 0.6) is 0 Å². The van der Waals surface area contributed by atoms with Crippen molar-refractivity contribution in [1.29, 1.82) is 0 Å². The highest BCUT2D eigenvalue weighted by atomic mass is 32.1. The Morgan fingerprint density at radius 2 is 2.10 bits per heavy atom. The van der Waals surface area contributed by atoms with Crippen LogP contribution in [0.2, 0.25) is 0 Å².